The Balaban J connectivity index is 1.70. The molecule has 134 valence electrons. The first kappa shape index (κ1) is 17.9. The Kier molecular flexibility index (Phi) is 5.80. The van der Waals surface area contributed by atoms with E-state index in [4.69, 9.17) is 0 Å². The van der Waals surface area contributed by atoms with E-state index < -0.39 is 4.92 Å². The lowest BCUT2D eigenvalue weighted by atomic mass is 10.2. The molecule has 0 saturated carbocycles. The number of aryl methyl sites for hydroxylation is 2. The van der Waals surface area contributed by atoms with Gasteiger partial charge in [0, 0.05) is 30.4 Å². The van der Waals surface area contributed by atoms with Gasteiger partial charge in [0.2, 0.25) is 5.82 Å². The highest BCUT2D eigenvalue weighted by Crippen LogP contribution is 2.36. The highest BCUT2D eigenvalue weighted by Gasteiger charge is 2.23. The molecule has 1 aromatic carbocycles. The molecule has 2 aromatic heterocycles. The smallest absolute Gasteiger partial charge is 0.343 e. The summed E-state index contributed by atoms with van der Waals surface area (Å²) in [6.45, 7) is 3.33. The quantitative estimate of drug-likeness (QED) is 0.280. The standard InChI is InChI=1S/C17H18N6O2S/c1-13-3-5-14(6-4-13)26-17-15(23(24)25)16(20-11-21-17)19-7-2-9-22-10-8-18-12-22/h3-6,8,10-12H,2,7,9H2,1H3,(H,19,20,21). The van der Waals surface area contributed by atoms with Gasteiger partial charge in [0.1, 0.15) is 6.33 Å². The van der Waals surface area contributed by atoms with Gasteiger partial charge in [0.15, 0.2) is 5.03 Å². The Morgan fingerprint density at radius 3 is 2.77 bits per heavy atom. The van der Waals surface area contributed by atoms with E-state index in [9.17, 15) is 10.1 Å². The summed E-state index contributed by atoms with van der Waals surface area (Å²) < 4.78 is 1.95. The largest absolute Gasteiger partial charge is 0.364 e. The molecule has 0 unspecified atom stereocenters. The number of nitrogens with one attached hydrogen (secondary N) is 1. The van der Waals surface area contributed by atoms with Crippen molar-refractivity contribution in [3.05, 3.63) is 65.0 Å². The lowest BCUT2D eigenvalue weighted by Crippen LogP contribution is -2.10. The van der Waals surface area contributed by atoms with E-state index in [0.29, 0.717) is 11.6 Å². The summed E-state index contributed by atoms with van der Waals surface area (Å²) in [6.07, 6.45) is 7.48. The number of nitrogens with zero attached hydrogens (tertiary/aromatic N) is 5. The molecule has 0 amide bonds. The van der Waals surface area contributed by atoms with Crippen molar-refractivity contribution in [2.45, 2.75) is 29.8 Å². The summed E-state index contributed by atoms with van der Waals surface area (Å²) in [7, 11) is 0. The molecule has 0 saturated heterocycles. The van der Waals surface area contributed by atoms with Crippen LogP contribution in [-0.2, 0) is 6.54 Å². The van der Waals surface area contributed by atoms with Crippen molar-refractivity contribution in [3.8, 4) is 0 Å². The van der Waals surface area contributed by atoms with Gasteiger partial charge in [-0.3, -0.25) is 10.1 Å². The van der Waals surface area contributed by atoms with Crippen LogP contribution >= 0.6 is 11.8 Å². The Morgan fingerprint density at radius 2 is 2.08 bits per heavy atom. The fourth-order valence-electron chi connectivity index (χ4n) is 2.34. The number of aromatic nitrogens is 4. The second-order valence-electron chi connectivity index (χ2n) is 5.63. The Morgan fingerprint density at radius 1 is 1.27 bits per heavy atom. The SMILES string of the molecule is Cc1ccc(Sc2ncnc(NCCCn3ccnc3)c2[N+](=O)[O-])cc1. The molecular weight excluding hydrogens is 352 g/mol. The Hall–Kier alpha value is -2.94. The molecule has 0 spiro atoms. The first-order valence-corrected chi connectivity index (χ1v) is 8.88. The molecule has 0 aliphatic heterocycles. The highest BCUT2D eigenvalue weighted by atomic mass is 32.2. The third-order valence-electron chi connectivity index (χ3n) is 3.65. The van der Waals surface area contributed by atoms with Crippen LogP contribution in [0.1, 0.15) is 12.0 Å². The molecule has 1 N–H and O–H groups in total. The molecule has 8 nitrogen and oxygen atoms in total. The van der Waals surface area contributed by atoms with E-state index in [1.165, 1.54) is 18.1 Å². The van der Waals surface area contributed by atoms with E-state index in [-0.39, 0.29) is 11.5 Å². The van der Waals surface area contributed by atoms with E-state index in [1.54, 1.807) is 12.5 Å². The highest BCUT2D eigenvalue weighted by molar-refractivity contribution is 7.99. The maximum atomic E-state index is 11.6. The van der Waals surface area contributed by atoms with Crippen molar-refractivity contribution in [1.82, 2.24) is 19.5 Å². The van der Waals surface area contributed by atoms with Crippen LogP contribution in [0.15, 0.2) is 59.2 Å². The molecule has 3 rings (SSSR count). The minimum Gasteiger partial charge on any atom is -0.364 e. The fraction of sp³-hybridized carbons (Fsp3) is 0.235. The van der Waals surface area contributed by atoms with Crippen LogP contribution in [0.5, 0.6) is 0 Å². The maximum Gasteiger partial charge on any atom is 0.343 e. The fourth-order valence-corrected chi connectivity index (χ4v) is 3.20. The molecule has 0 atom stereocenters. The summed E-state index contributed by atoms with van der Waals surface area (Å²) >= 11 is 1.26. The van der Waals surface area contributed by atoms with Gasteiger partial charge in [0.05, 0.1) is 11.3 Å². The molecule has 9 heteroatoms. The average Bonchev–Trinajstić information content (AvgIpc) is 3.14. The van der Waals surface area contributed by atoms with Crippen molar-refractivity contribution < 1.29 is 4.92 Å². The average molecular weight is 370 g/mol. The number of imidazole rings is 1. The zero-order valence-electron chi connectivity index (χ0n) is 14.2. The van der Waals surface area contributed by atoms with Gasteiger partial charge >= 0.3 is 5.69 Å². The molecule has 26 heavy (non-hydrogen) atoms. The summed E-state index contributed by atoms with van der Waals surface area (Å²) in [5.74, 6) is 0.241. The lowest BCUT2D eigenvalue weighted by Gasteiger charge is -2.09. The van der Waals surface area contributed by atoms with Crippen molar-refractivity contribution in [2.75, 3.05) is 11.9 Å². The van der Waals surface area contributed by atoms with Crippen LogP contribution in [0.25, 0.3) is 0 Å². The minimum absolute atomic E-state index is 0.0966. The van der Waals surface area contributed by atoms with Gasteiger partial charge in [-0.05, 0) is 25.5 Å². The second-order valence-corrected chi connectivity index (χ2v) is 6.69. The van der Waals surface area contributed by atoms with Crippen molar-refractivity contribution in [2.24, 2.45) is 0 Å². The summed E-state index contributed by atoms with van der Waals surface area (Å²) in [6, 6.07) is 7.77. The molecule has 2 heterocycles. The summed E-state index contributed by atoms with van der Waals surface area (Å²) in [5, 5.41) is 14.9. The third kappa shape index (κ3) is 4.57. The van der Waals surface area contributed by atoms with E-state index >= 15 is 0 Å². The number of rotatable bonds is 8. The van der Waals surface area contributed by atoms with E-state index in [1.807, 2.05) is 42.0 Å². The molecule has 0 radical (unpaired) electrons. The monoisotopic (exact) mass is 370 g/mol. The normalized spacial score (nSPS) is 10.7. The van der Waals surface area contributed by atoms with Crippen LogP contribution in [0.4, 0.5) is 11.5 Å². The predicted octanol–water partition coefficient (Wildman–Crippen LogP) is 3.54. The van der Waals surface area contributed by atoms with Crippen molar-refractivity contribution >= 4 is 23.3 Å². The predicted molar refractivity (Wildman–Crippen MR) is 99.3 cm³/mol. The van der Waals surface area contributed by atoms with Gasteiger partial charge < -0.3 is 9.88 Å². The molecule has 0 aliphatic rings. The zero-order valence-corrected chi connectivity index (χ0v) is 15.0. The second kappa shape index (κ2) is 8.43. The number of benzene rings is 1. The van der Waals surface area contributed by atoms with Crippen LogP contribution < -0.4 is 5.32 Å². The third-order valence-corrected chi connectivity index (χ3v) is 4.65. The van der Waals surface area contributed by atoms with Crippen LogP contribution in [0.3, 0.4) is 0 Å². The van der Waals surface area contributed by atoms with Crippen LogP contribution in [0.2, 0.25) is 0 Å². The Labute approximate surface area is 154 Å². The molecule has 0 bridgehead atoms. The number of anilines is 1. The van der Waals surface area contributed by atoms with Crippen molar-refractivity contribution in [3.63, 3.8) is 0 Å². The molecule has 0 fully saturated rings. The van der Waals surface area contributed by atoms with Gasteiger partial charge in [-0.15, -0.1) is 0 Å². The first-order valence-electron chi connectivity index (χ1n) is 8.07. The summed E-state index contributed by atoms with van der Waals surface area (Å²) in [4.78, 5) is 24.2. The number of nitro groups is 1. The van der Waals surface area contributed by atoms with Crippen molar-refractivity contribution in [1.29, 1.82) is 0 Å². The number of hydrogen-bond acceptors (Lipinski definition) is 7. The van der Waals surface area contributed by atoms with Crippen LogP contribution in [-0.4, -0.2) is 31.0 Å². The molecule has 0 aliphatic carbocycles. The zero-order chi connectivity index (χ0) is 18.4. The minimum atomic E-state index is -0.436. The van der Waals surface area contributed by atoms with Gasteiger partial charge in [-0.1, -0.05) is 29.5 Å². The van der Waals surface area contributed by atoms with Gasteiger partial charge in [0.25, 0.3) is 0 Å². The van der Waals surface area contributed by atoms with Gasteiger partial charge in [-0.2, -0.15) is 0 Å². The Bertz CT molecular complexity index is 867. The molecular formula is C17H18N6O2S. The number of hydrogen-bond donors (Lipinski definition) is 1. The van der Waals surface area contributed by atoms with E-state index in [2.05, 4.69) is 20.3 Å². The maximum absolute atomic E-state index is 11.6. The van der Waals surface area contributed by atoms with Gasteiger partial charge in [-0.25, -0.2) is 15.0 Å². The lowest BCUT2D eigenvalue weighted by molar-refractivity contribution is -0.387. The first-order chi connectivity index (χ1) is 12.6. The van der Waals surface area contributed by atoms with Crippen LogP contribution in [0, 0.1) is 17.0 Å². The molecule has 3 aromatic rings. The summed E-state index contributed by atoms with van der Waals surface area (Å²) in [5.41, 5.74) is 1.03. The van der Waals surface area contributed by atoms with E-state index in [0.717, 1.165) is 23.4 Å². The topological polar surface area (TPSA) is 98.8 Å².